The number of fused-ring (bicyclic) bond motifs is 1. The second kappa shape index (κ2) is 5.79. The second-order valence-corrected chi connectivity index (χ2v) is 7.69. The molecule has 0 amide bonds. The molecule has 0 aliphatic heterocycles. The Morgan fingerprint density at radius 3 is 2.68 bits per heavy atom. The van der Waals surface area contributed by atoms with Crippen molar-refractivity contribution in [3.63, 3.8) is 0 Å². The predicted octanol–water partition coefficient (Wildman–Crippen LogP) is 2.14. The predicted molar refractivity (Wildman–Crippen MR) is 85.4 cm³/mol. The first-order valence-corrected chi connectivity index (χ1v) is 9.20. The molecule has 0 aliphatic carbocycles. The van der Waals surface area contributed by atoms with Crippen LogP contribution in [0.2, 0.25) is 0 Å². The lowest BCUT2D eigenvalue weighted by atomic mass is 10.2. The molecule has 0 unspecified atom stereocenters. The Kier molecular flexibility index (Phi) is 3.98. The van der Waals surface area contributed by atoms with Crippen LogP contribution in [0.3, 0.4) is 0 Å². The van der Waals surface area contributed by atoms with Crippen molar-refractivity contribution in [1.29, 1.82) is 0 Å². The molecule has 3 rings (SSSR count). The van der Waals surface area contributed by atoms with E-state index in [0.717, 1.165) is 10.6 Å². The van der Waals surface area contributed by atoms with E-state index in [1.165, 1.54) is 15.9 Å². The summed E-state index contributed by atoms with van der Waals surface area (Å²) >= 11 is 1.38. The van der Waals surface area contributed by atoms with Gasteiger partial charge >= 0.3 is 0 Å². The van der Waals surface area contributed by atoms with Gasteiger partial charge in [-0.15, -0.1) is 0 Å². The molecular weight excluding hydrogens is 320 g/mol. The van der Waals surface area contributed by atoms with Crippen molar-refractivity contribution >= 4 is 26.3 Å². The smallest absolute Gasteiger partial charge is 0.221 e. The van der Waals surface area contributed by atoms with Crippen LogP contribution in [-0.4, -0.2) is 23.0 Å². The lowest BCUT2D eigenvalue weighted by molar-refractivity contribution is 0.571. The van der Waals surface area contributed by atoms with Crippen LogP contribution >= 0.6 is 11.3 Å². The molecule has 0 bridgehead atoms. The van der Waals surface area contributed by atoms with Gasteiger partial charge in [0.1, 0.15) is 5.01 Å². The highest BCUT2D eigenvalue weighted by Gasteiger charge is 2.26. The van der Waals surface area contributed by atoms with Gasteiger partial charge < -0.3 is 0 Å². The zero-order chi connectivity index (χ0) is 15.7. The minimum Gasteiger partial charge on any atom is -0.221 e. The lowest BCUT2D eigenvalue weighted by Crippen LogP contribution is -2.25. The molecule has 0 saturated heterocycles. The number of benzene rings is 1. The van der Waals surface area contributed by atoms with E-state index in [-0.39, 0.29) is 11.6 Å². The van der Waals surface area contributed by atoms with Crippen molar-refractivity contribution in [2.24, 2.45) is 0 Å². The fraction of sp³-hybridized carbons (Fsp3) is 0.286. The van der Waals surface area contributed by atoms with Crippen LogP contribution < -0.4 is 4.72 Å². The highest BCUT2D eigenvalue weighted by atomic mass is 32.2. The Balaban J connectivity index is 1.97. The number of imidazole rings is 1. The monoisotopic (exact) mass is 336 g/mol. The van der Waals surface area contributed by atoms with Gasteiger partial charge in [-0.3, -0.25) is 0 Å². The average molecular weight is 336 g/mol. The van der Waals surface area contributed by atoms with Crippen molar-refractivity contribution in [2.75, 3.05) is 0 Å². The highest BCUT2D eigenvalue weighted by molar-refractivity contribution is 7.89. The van der Waals surface area contributed by atoms with Crippen molar-refractivity contribution in [3.8, 4) is 0 Å². The van der Waals surface area contributed by atoms with E-state index in [1.807, 2.05) is 44.2 Å². The molecule has 22 heavy (non-hydrogen) atoms. The van der Waals surface area contributed by atoms with Crippen molar-refractivity contribution in [3.05, 3.63) is 46.6 Å². The molecule has 8 heteroatoms. The van der Waals surface area contributed by atoms with Gasteiger partial charge in [-0.1, -0.05) is 48.6 Å². The maximum Gasteiger partial charge on any atom is 0.260 e. The summed E-state index contributed by atoms with van der Waals surface area (Å²) in [7, 11) is -3.68. The molecule has 1 N–H and O–H groups in total. The van der Waals surface area contributed by atoms with E-state index in [4.69, 9.17) is 0 Å². The normalized spacial score (nSPS) is 12.1. The van der Waals surface area contributed by atoms with E-state index in [1.54, 1.807) is 0 Å². The third-order valence-corrected chi connectivity index (χ3v) is 5.50. The zero-order valence-corrected chi connectivity index (χ0v) is 13.9. The van der Waals surface area contributed by atoms with Crippen LogP contribution in [0.15, 0.2) is 35.4 Å². The maximum atomic E-state index is 12.7. The lowest BCUT2D eigenvalue weighted by Gasteiger charge is -2.07. The first-order valence-electron chi connectivity index (χ1n) is 6.90. The van der Waals surface area contributed by atoms with Gasteiger partial charge in [-0.05, 0) is 18.9 Å². The van der Waals surface area contributed by atoms with Gasteiger partial charge in [0.05, 0.1) is 5.69 Å². The SMILES string of the molecule is CCc1nc2sc(C)nn2c1S(=O)(=O)NCc1ccccc1. The Morgan fingerprint density at radius 2 is 2.00 bits per heavy atom. The van der Waals surface area contributed by atoms with Crippen molar-refractivity contribution in [1.82, 2.24) is 19.3 Å². The summed E-state index contributed by atoms with van der Waals surface area (Å²) in [5.74, 6) is 0. The van der Waals surface area contributed by atoms with E-state index in [0.29, 0.717) is 17.1 Å². The molecule has 2 aromatic heterocycles. The number of aromatic nitrogens is 3. The highest BCUT2D eigenvalue weighted by Crippen LogP contribution is 2.22. The largest absolute Gasteiger partial charge is 0.260 e. The fourth-order valence-electron chi connectivity index (χ4n) is 2.21. The molecule has 1 aromatic carbocycles. The van der Waals surface area contributed by atoms with E-state index in [9.17, 15) is 8.42 Å². The van der Waals surface area contributed by atoms with Crippen LogP contribution in [0.5, 0.6) is 0 Å². The second-order valence-electron chi connectivity index (χ2n) is 4.84. The summed E-state index contributed by atoms with van der Waals surface area (Å²) in [5, 5.41) is 5.18. The van der Waals surface area contributed by atoms with Crippen LogP contribution in [-0.2, 0) is 23.0 Å². The number of rotatable bonds is 5. The summed E-state index contributed by atoms with van der Waals surface area (Å²) in [5.41, 5.74) is 1.44. The van der Waals surface area contributed by atoms with Crippen LogP contribution in [0.1, 0.15) is 23.2 Å². The summed E-state index contributed by atoms with van der Waals surface area (Å²) in [6.07, 6.45) is 0.538. The van der Waals surface area contributed by atoms with Crippen LogP contribution in [0.4, 0.5) is 0 Å². The molecule has 6 nitrogen and oxygen atoms in total. The van der Waals surface area contributed by atoms with E-state index >= 15 is 0 Å². The summed E-state index contributed by atoms with van der Waals surface area (Å²) < 4.78 is 29.4. The van der Waals surface area contributed by atoms with Crippen LogP contribution in [0.25, 0.3) is 4.96 Å². The molecule has 0 aliphatic rings. The summed E-state index contributed by atoms with van der Waals surface area (Å²) in [6, 6.07) is 9.40. The van der Waals surface area contributed by atoms with Gasteiger partial charge in [0.25, 0.3) is 10.0 Å². The zero-order valence-electron chi connectivity index (χ0n) is 12.3. The molecule has 0 spiro atoms. The summed E-state index contributed by atoms with van der Waals surface area (Å²) in [6.45, 7) is 3.96. The van der Waals surface area contributed by atoms with E-state index < -0.39 is 10.0 Å². The maximum absolute atomic E-state index is 12.7. The number of hydrogen-bond donors (Lipinski definition) is 1. The minimum absolute atomic E-state index is 0.144. The molecule has 2 heterocycles. The summed E-state index contributed by atoms with van der Waals surface area (Å²) in [4.78, 5) is 4.98. The van der Waals surface area contributed by atoms with Crippen molar-refractivity contribution in [2.45, 2.75) is 31.8 Å². The number of nitrogens with zero attached hydrogens (tertiary/aromatic N) is 3. The first kappa shape index (κ1) is 15.1. The Labute approximate surface area is 132 Å². The van der Waals surface area contributed by atoms with Crippen LogP contribution in [0, 0.1) is 6.92 Å². The van der Waals surface area contributed by atoms with Gasteiger partial charge in [0, 0.05) is 6.54 Å². The minimum atomic E-state index is -3.68. The molecule has 0 radical (unpaired) electrons. The van der Waals surface area contributed by atoms with Crippen molar-refractivity contribution < 1.29 is 8.42 Å². The number of sulfonamides is 1. The van der Waals surface area contributed by atoms with Gasteiger partial charge in [0.15, 0.2) is 5.03 Å². The molecule has 116 valence electrons. The average Bonchev–Trinajstić information content (AvgIpc) is 3.01. The number of aryl methyl sites for hydroxylation is 2. The Bertz CT molecular complexity index is 898. The molecule has 0 saturated carbocycles. The number of nitrogens with one attached hydrogen (secondary N) is 1. The topological polar surface area (TPSA) is 76.4 Å². The Morgan fingerprint density at radius 1 is 1.27 bits per heavy atom. The molecule has 0 atom stereocenters. The Hall–Kier alpha value is -1.77. The quantitative estimate of drug-likeness (QED) is 0.774. The van der Waals surface area contributed by atoms with Gasteiger partial charge in [-0.25, -0.2) is 18.1 Å². The van der Waals surface area contributed by atoms with Gasteiger partial charge in [-0.2, -0.15) is 9.61 Å². The third kappa shape index (κ3) is 2.77. The molecule has 3 aromatic rings. The molecule has 0 fully saturated rings. The molecular formula is C14H16N4O2S2. The third-order valence-electron chi connectivity index (χ3n) is 3.23. The number of hydrogen-bond acceptors (Lipinski definition) is 5. The van der Waals surface area contributed by atoms with Gasteiger partial charge in [0.2, 0.25) is 4.96 Å². The first-order chi connectivity index (χ1) is 10.5. The standard InChI is InChI=1S/C14H16N4O2S2/c1-3-12-13(18-14(16-12)21-10(2)17-18)22(19,20)15-9-11-7-5-4-6-8-11/h4-8,15H,3,9H2,1-2H3. The fourth-order valence-corrected chi connectivity index (χ4v) is 4.38. The van der Waals surface area contributed by atoms with E-state index in [2.05, 4.69) is 14.8 Å².